The van der Waals surface area contributed by atoms with Crippen LogP contribution in [0.2, 0.25) is 0 Å². The number of nitrogens with zero attached hydrogens (tertiary/aromatic N) is 1. The minimum atomic E-state index is 0.544. The summed E-state index contributed by atoms with van der Waals surface area (Å²) in [6.07, 6.45) is 2.20. The maximum atomic E-state index is 5.49. The van der Waals surface area contributed by atoms with Crippen molar-refractivity contribution in [3.8, 4) is 0 Å². The molecule has 3 nitrogen and oxygen atoms in total. The molecule has 0 amide bonds. The zero-order valence-corrected chi connectivity index (χ0v) is 7.25. The molecule has 1 rings (SSSR count). The Morgan fingerprint density at radius 1 is 1.64 bits per heavy atom. The standard InChI is InChI=1S/C8H18N2O/c1-10-5-2-6-11-7-8(10)3-4-9/h8H,2-7,9H2,1H3. The van der Waals surface area contributed by atoms with E-state index >= 15 is 0 Å². The van der Waals surface area contributed by atoms with Gasteiger partial charge in [-0.05, 0) is 26.4 Å². The third kappa shape index (κ3) is 2.77. The van der Waals surface area contributed by atoms with E-state index < -0.39 is 0 Å². The fourth-order valence-corrected chi connectivity index (χ4v) is 1.44. The summed E-state index contributed by atoms with van der Waals surface area (Å²) in [6, 6.07) is 0.544. The van der Waals surface area contributed by atoms with Crippen LogP contribution in [0.1, 0.15) is 12.8 Å². The van der Waals surface area contributed by atoms with Gasteiger partial charge < -0.3 is 15.4 Å². The van der Waals surface area contributed by atoms with Crippen LogP contribution in [-0.2, 0) is 4.74 Å². The minimum Gasteiger partial charge on any atom is -0.380 e. The molecule has 66 valence electrons. The van der Waals surface area contributed by atoms with Crippen LogP contribution in [0, 0.1) is 0 Å². The van der Waals surface area contributed by atoms with E-state index in [1.807, 2.05) is 0 Å². The highest BCUT2D eigenvalue weighted by atomic mass is 16.5. The molecule has 1 aliphatic heterocycles. The summed E-state index contributed by atoms with van der Waals surface area (Å²) >= 11 is 0. The highest BCUT2D eigenvalue weighted by Gasteiger charge is 2.16. The lowest BCUT2D eigenvalue weighted by molar-refractivity contribution is 0.106. The topological polar surface area (TPSA) is 38.5 Å². The number of ether oxygens (including phenoxy) is 1. The number of hydrogen-bond donors (Lipinski definition) is 1. The summed E-state index contributed by atoms with van der Waals surface area (Å²) in [5.74, 6) is 0. The van der Waals surface area contributed by atoms with Gasteiger partial charge in [-0.15, -0.1) is 0 Å². The highest BCUT2D eigenvalue weighted by molar-refractivity contribution is 4.70. The van der Waals surface area contributed by atoms with Gasteiger partial charge in [0, 0.05) is 19.2 Å². The third-order valence-corrected chi connectivity index (χ3v) is 2.23. The summed E-state index contributed by atoms with van der Waals surface area (Å²) in [7, 11) is 2.15. The summed E-state index contributed by atoms with van der Waals surface area (Å²) < 4.78 is 5.43. The van der Waals surface area contributed by atoms with Crippen LogP contribution in [0.5, 0.6) is 0 Å². The van der Waals surface area contributed by atoms with Crippen LogP contribution in [0.15, 0.2) is 0 Å². The lowest BCUT2D eigenvalue weighted by atomic mass is 10.2. The van der Waals surface area contributed by atoms with Crippen LogP contribution in [0.4, 0.5) is 0 Å². The van der Waals surface area contributed by atoms with Gasteiger partial charge >= 0.3 is 0 Å². The van der Waals surface area contributed by atoms with E-state index in [0.717, 1.165) is 39.1 Å². The van der Waals surface area contributed by atoms with Gasteiger partial charge in [-0.3, -0.25) is 0 Å². The first-order chi connectivity index (χ1) is 5.34. The Morgan fingerprint density at radius 2 is 2.45 bits per heavy atom. The Labute approximate surface area is 68.5 Å². The molecule has 1 saturated heterocycles. The third-order valence-electron chi connectivity index (χ3n) is 2.23. The molecule has 0 aromatic rings. The maximum absolute atomic E-state index is 5.49. The lowest BCUT2D eigenvalue weighted by Crippen LogP contribution is -2.35. The molecule has 1 atom stereocenters. The molecule has 11 heavy (non-hydrogen) atoms. The molecule has 0 bridgehead atoms. The van der Waals surface area contributed by atoms with Crippen molar-refractivity contribution < 1.29 is 4.74 Å². The predicted molar refractivity (Wildman–Crippen MR) is 45.5 cm³/mol. The van der Waals surface area contributed by atoms with Crippen LogP contribution in [0.25, 0.3) is 0 Å². The Hall–Kier alpha value is -0.120. The normalized spacial score (nSPS) is 28.4. The van der Waals surface area contributed by atoms with Crippen molar-refractivity contribution in [2.75, 3.05) is 33.4 Å². The van der Waals surface area contributed by atoms with Crippen molar-refractivity contribution in [2.24, 2.45) is 5.73 Å². The molecule has 0 saturated carbocycles. The predicted octanol–water partition coefficient (Wildman–Crippen LogP) is 0.0559. The molecule has 0 aromatic heterocycles. The van der Waals surface area contributed by atoms with Gasteiger partial charge in [-0.2, -0.15) is 0 Å². The van der Waals surface area contributed by atoms with Gasteiger partial charge in [0.25, 0.3) is 0 Å². The molecule has 3 heteroatoms. The Balaban J connectivity index is 2.32. The van der Waals surface area contributed by atoms with Gasteiger partial charge in [0.2, 0.25) is 0 Å². The number of nitrogens with two attached hydrogens (primary N) is 1. The van der Waals surface area contributed by atoms with Gasteiger partial charge in [0.15, 0.2) is 0 Å². The Morgan fingerprint density at radius 3 is 3.18 bits per heavy atom. The van der Waals surface area contributed by atoms with Gasteiger partial charge in [0.05, 0.1) is 6.61 Å². The second-order valence-electron chi connectivity index (χ2n) is 3.14. The first-order valence-corrected chi connectivity index (χ1v) is 4.32. The van der Waals surface area contributed by atoms with Crippen molar-refractivity contribution in [1.29, 1.82) is 0 Å². The summed E-state index contributed by atoms with van der Waals surface area (Å²) in [6.45, 7) is 3.67. The van der Waals surface area contributed by atoms with Gasteiger partial charge in [0.1, 0.15) is 0 Å². The maximum Gasteiger partial charge on any atom is 0.0622 e. The van der Waals surface area contributed by atoms with E-state index in [9.17, 15) is 0 Å². The fraction of sp³-hybridized carbons (Fsp3) is 1.00. The summed E-state index contributed by atoms with van der Waals surface area (Å²) in [5.41, 5.74) is 5.49. The average molecular weight is 158 g/mol. The SMILES string of the molecule is CN1CCCOCC1CCN. The van der Waals surface area contributed by atoms with Crippen molar-refractivity contribution in [3.63, 3.8) is 0 Å². The monoisotopic (exact) mass is 158 g/mol. The molecular formula is C8H18N2O. The number of rotatable bonds is 2. The van der Waals surface area contributed by atoms with E-state index in [4.69, 9.17) is 10.5 Å². The van der Waals surface area contributed by atoms with E-state index in [0.29, 0.717) is 6.04 Å². The zero-order valence-electron chi connectivity index (χ0n) is 7.25. The molecular weight excluding hydrogens is 140 g/mol. The van der Waals surface area contributed by atoms with Crippen molar-refractivity contribution in [1.82, 2.24) is 4.90 Å². The fourth-order valence-electron chi connectivity index (χ4n) is 1.44. The molecule has 0 aromatic carbocycles. The van der Waals surface area contributed by atoms with Crippen LogP contribution in [-0.4, -0.2) is 44.3 Å². The molecule has 1 unspecified atom stereocenters. The second-order valence-corrected chi connectivity index (χ2v) is 3.14. The molecule has 0 aliphatic carbocycles. The van der Waals surface area contributed by atoms with E-state index in [1.165, 1.54) is 0 Å². The smallest absolute Gasteiger partial charge is 0.0622 e. The number of hydrogen-bond acceptors (Lipinski definition) is 3. The molecule has 0 spiro atoms. The number of likely N-dealkylation sites (N-methyl/N-ethyl adjacent to an activating group) is 1. The molecule has 2 N–H and O–H groups in total. The minimum absolute atomic E-state index is 0.544. The first kappa shape index (κ1) is 8.97. The summed E-state index contributed by atoms with van der Waals surface area (Å²) in [4.78, 5) is 2.35. The van der Waals surface area contributed by atoms with E-state index in [-0.39, 0.29) is 0 Å². The lowest BCUT2D eigenvalue weighted by Gasteiger charge is -2.23. The average Bonchev–Trinajstić information content (AvgIpc) is 2.18. The van der Waals surface area contributed by atoms with Crippen LogP contribution < -0.4 is 5.73 Å². The quantitative estimate of drug-likeness (QED) is 0.617. The summed E-state index contributed by atoms with van der Waals surface area (Å²) in [5, 5.41) is 0. The first-order valence-electron chi connectivity index (χ1n) is 4.32. The molecule has 0 radical (unpaired) electrons. The van der Waals surface area contributed by atoms with Crippen molar-refractivity contribution in [3.05, 3.63) is 0 Å². The second kappa shape index (κ2) is 4.70. The van der Waals surface area contributed by atoms with Gasteiger partial charge in [-0.1, -0.05) is 0 Å². The molecule has 1 fully saturated rings. The van der Waals surface area contributed by atoms with E-state index in [1.54, 1.807) is 0 Å². The van der Waals surface area contributed by atoms with Crippen molar-refractivity contribution >= 4 is 0 Å². The van der Waals surface area contributed by atoms with Crippen LogP contribution in [0.3, 0.4) is 0 Å². The van der Waals surface area contributed by atoms with Gasteiger partial charge in [-0.25, -0.2) is 0 Å². The molecule has 1 aliphatic rings. The Kier molecular flexibility index (Phi) is 3.83. The Bertz CT molecular complexity index is 108. The van der Waals surface area contributed by atoms with Crippen molar-refractivity contribution in [2.45, 2.75) is 18.9 Å². The highest BCUT2D eigenvalue weighted by Crippen LogP contribution is 2.06. The largest absolute Gasteiger partial charge is 0.380 e. The van der Waals surface area contributed by atoms with Crippen LogP contribution >= 0.6 is 0 Å². The van der Waals surface area contributed by atoms with E-state index in [2.05, 4.69) is 11.9 Å². The molecule has 1 heterocycles. The zero-order chi connectivity index (χ0) is 8.10.